The molecule has 0 fully saturated rings. The van der Waals surface area contributed by atoms with Crippen LogP contribution in [0, 0.1) is 12.7 Å². The number of hydrogen-bond acceptors (Lipinski definition) is 3. The monoisotopic (exact) mass is 248 g/mol. The van der Waals surface area contributed by atoms with E-state index in [1.54, 1.807) is 19.1 Å². The van der Waals surface area contributed by atoms with Gasteiger partial charge in [-0.2, -0.15) is 0 Å². The minimum atomic E-state index is -0.427. The van der Waals surface area contributed by atoms with Crippen molar-refractivity contribution in [1.82, 2.24) is 0 Å². The molecule has 1 amide bonds. The second-order valence-electron chi connectivity index (χ2n) is 3.88. The van der Waals surface area contributed by atoms with Crippen molar-refractivity contribution in [2.75, 3.05) is 5.32 Å². The summed E-state index contributed by atoms with van der Waals surface area (Å²) in [5.74, 6) is -0.156. The summed E-state index contributed by atoms with van der Waals surface area (Å²) in [7, 11) is 0. The molecule has 0 unspecified atom stereocenters. The predicted molar refractivity (Wildman–Crippen MR) is 65.7 cm³/mol. The Morgan fingerprint density at radius 2 is 2.17 bits per heavy atom. The number of aryl methyl sites for hydroxylation is 1. The van der Waals surface area contributed by atoms with Crippen molar-refractivity contribution >= 4 is 11.6 Å². The van der Waals surface area contributed by atoms with Crippen LogP contribution in [0.2, 0.25) is 0 Å². The topological polar surface area (TPSA) is 68.3 Å². The predicted octanol–water partition coefficient (Wildman–Crippen LogP) is 2.44. The maximum Gasteiger partial charge on any atom is 0.291 e. The first-order chi connectivity index (χ1) is 8.60. The van der Waals surface area contributed by atoms with Gasteiger partial charge in [-0.25, -0.2) is 4.39 Å². The summed E-state index contributed by atoms with van der Waals surface area (Å²) in [5, 5.41) is 2.59. The molecule has 2 aromatic rings. The molecular weight excluding hydrogens is 235 g/mol. The van der Waals surface area contributed by atoms with E-state index in [1.165, 1.54) is 18.2 Å². The van der Waals surface area contributed by atoms with Crippen LogP contribution in [-0.2, 0) is 6.54 Å². The van der Waals surface area contributed by atoms with Gasteiger partial charge >= 0.3 is 0 Å². The van der Waals surface area contributed by atoms with Crippen LogP contribution < -0.4 is 11.1 Å². The molecule has 0 saturated heterocycles. The SMILES string of the molecule is Cc1ccc(F)cc1NC(=O)c1ccc(CN)o1. The Hall–Kier alpha value is -2.14. The molecule has 1 aromatic carbocycles. The highest BCUT2D eigenvalue weighted by molar-refractivity contribution is 6.02. The summed E-state index contributed by atoms with van der Waals surface area (Å²) < 4.78 is 18.3. The molecule has 0 bridgehead atoms. The largest absolute Gasteiger partial charge is 0.455 e. The maximum absolute atomic E-state index is 13.1. The lowest BCUT2D eigenvalue weighted by Crippen LogP contribution is -2.12. The van der Waals surface area contributed by atoms with Crippen LogP contribution in [0.1, 0.15) is 21.9 Å². The smallest absolute Gasteiger partial charge is 0.291 e. The highest BCUT2D eigenvalue weighted by atomic mass is 19.1. The van der Waals surface area contributed by atoms with Crippen LogP contribution >= 0.6 is 0 Å². The molecule has 0 atom stereocenters. The number of carbonyl (C=O) groups excluding carboxylic acids is 1. The minimum absolute atomic E-state index is 0.152. The molecule has 3 N–H and O–H groups in total. The zero-order valence-corrected chi connectivity index (χ0v) is 9.87. The first-order valence-corrected chi connectivity index (χ1v) is 5.46. The van der Waals surface area contributed by atoms with E-state index in [4.69, 9.17) is 10.2 Å². The first-order valence-electron chi connectivity index (χ1n) is 5.46. The summed E-state index contributed by atoms with van der Waals surface area (Å²) in [5.41, 5.74) is 6.58. The minimum Gasteiger partial charge on any atom is -0.455 e. The molecule has 0 spiro atoms. The molecule has 0 aliphatic heterocycles. The van der Waals surface area contributed by atoms with E-state index in [-0.39, 0.29) is 12.3 Å². The third-order valence-corrected chi connectivity index (χ3v) is 2.53. The van der Waals surface area contributed by atoms with Crippen LogP contribution in [0.5, 0.6) is 0 Å². The number of anilines is 1. The van der Waals surface area contributed by atoms with E-state index < -0.39 is 11.7 Å². The molecule has 4 nitrogen and oxygen atoms in total. The number of furan rings is 1. The fourth-order valence-electron chi connectivity index (χ4n) is 1.52. The normalized spacial score (nSPS) is 10.4. The average Bonchev–Trinajstić information content (AvgIpc) is 2.82. The van der Waals surface area contributed by atoms with Gasteiger partial charge in [0.2, 0.25) is 0 Å². The van der Waals surface area contributed by atoms with E-state index in [2.05, 4.69) is 5.32 Å². The molecule has 94 valence electrons. The van der Waals surface area contributed by atoms with Crippen molar-refractivity contribution in [2.45, 2.75) is 13.5 Å². The van der Waals surface area contributed by atoms with Crippen molar-refractivity contribution < 1.29 is 13.6 Å². The van der Waals surface area contributed by atoms with Gasteiger partial charge in [0, 0.05) is 5.69 Å². The molecule has 0 aliphatic carbocycles. The third kappa shape index (κ3) is 2.57. The van der Waals surface area contributed by atoms with Crippen LogP contribution in [0.4, 0.5) is 10.1 Å². The Morgan fingerprint density at radius 1 is 1.39 bits per heavy atom. The summed E-state index contributed by atoms with van der Waals surface area (Å²) >= 11 is 0. The van der Waals surface area contributed by atoms with Gasteiger partial charge in [-0.3, -0.25) is 4.79 Å². The van der Waals surface area contributed by atoms with Gasteiger partial charge in [-0.05, 0) is 36.8 Å². The number of nitrogens with one attached hydrogen (secondary N) is 1. The highest BCUT2D eigenvalue weighted by Crippen LogP contribution is 2.17. The average molecular weight is 248 g/mol. The molecule has 0 aliphatic rings. The lowest BCUT2D eigenvalue weighted by atomic mass is 10.2. The van der Waals surface area contributed by atoms with Crippen molar-refractivity contribution in [1.29, 1.82) is 0 Å². The summed E-state index contributed by atoms with van der Waals surface area (Å²) in [4.78, 5) is 11.8. The maximum atomic E-state index is 13.1. The molecule has 1 heterocycles. The number of benzene rings is 1. The number of hydrogen-bond donors (Lipinski definition) is 2. The second kappa shape index (κ2) is 5.01. The van der Waals surface area contributed by atoms with Gasteiger partial charge in [0.05, 0.1) is 6.54 Å². The lowest BCUT2D eigenvalue weighted by molar-refractivity contribution is 0.0995. The molecular formula is C13H13FN2O2. The second-order valence-corrected chi connectivity index (χ2v) is 3.88. The fraction of sp³-hybridized carbons (Fsp3) is 0.154. The number of halogens is 1. The van der Waals surface area contributed by atoms with Crippen molar-refractivity contribution in [3.8, 4) is 0 Å². The number of amides is 1. The van der Waals surface area contributed by atoms with Crippen molar-refractivity contribution in [3.63, 3.8) is 0 Å². The first kappa shape index (κ1) is 12.3. The summed E-state index contributed by atoms with van der Waals surface area (Å²) in [6.45, 7) is 2.01. The van der Waals surface area contributed by atoms with Crippen LogP contribution in [-0.4, -0.2) is 5.91 Å². The zero-order chi connectivity index (χ0) is 13.1. The number of carbonyl (C=O) groups is 1. The fourth-order valence-corrected chi connectivity index (χ4v) is 1.52. The van der Waals surface area contributed by atoms with Gasteiger partial charge in [0.1, 0.15) is 11.6 Å². The Bertz CT molecular complexity index is 578. The number of rotatable bonds is 3. The van der Waals surface area contributed by atoms with E-state index in [0.717, 1.165) is 5.56 Å². The molecule has 2 rings (SSSR count). The quantitative estimate of drug-likeness (QED) is 0.876. The third-order valence-electron chi connectivity index (χ3n) is 2.53. The van der Waals surface area contributed by atoms with Crippen LogP contribution in [0.15, 0.2) is 34.7 Å². The Kier molecular flexibility index (Phi) is 3.43. The van der Waals surface area contributed by atoms with Crippen molar-refractivity contribution in [2.24, 2.45) is 5.73 Å². The molecule has 5 heteroatoms. The van der Waals surface area contributed by atoms with Gasteiger partial charge < -0.3 is 15.5 Å². The number of nitrogens with two attached hydrogens (primary N) is 1. The standard InChI is InChI=1S/C13H13FN2O2/c1-8-2-3-9(14)6-11(8)16-13(17)12-5-4-10(7-15)18-12/h2-6H,7,15H2,1H3,(H,16,17). The highest BCUT2D eigenvalue weighted by Gasteiger charge is 2.12. The van der Waals surface area contributed by atoms with Gasteiger partial charge in [-0.15, -0.1) is 0 Å². The molecule has 18 heavy (non-hydrogen) atoms. The van der Waals surface area contributed by atoms with E-state index >= 15 is 0 Å². The lowest BCUT2D eigenvalue weighted by Gasteiger charge is -2.06. The molecule has 1 aromatic heterocycles. The van der Waals surface area contributed by atoms with E-state index in [1.807, 2.05) is 0 Å². The Labute approximate surface area is 104 Å². The Balaban J connectivity index is 2.18. The van der Waals surface area contributed by atoms with Gasteiger partial charge in [0.15, 0.2) is 5.76 Å². The molecule has 0 radical (unpaired) electrons. The van der Waals surface area contributed by atoms with Gasteiger partial charge in [-0.1, -0.05) is 6.07 Å². The molecule has 0 saturated carbocycles. The van der Waals surface area contributed by atoms with Crippen LogP contribution in [0.3, 0.4) is 0 Å². The van der Waals surface area contributed by atoms with E-state index in [0.29, 0.717) is 11.4 Å². The Morgan fingerprint density at radius 3 is 2.83 bits per heavy atom. The summed E-state index contributed by atoms with van der Waals surface area (Å²) in [6.07, 6.45) is 0. The van der Waals surface area contributed by atoms with Gasteiger partial charge in [0.25, 0.3) is 5.91 Å². The van der Waals surface area contributed by atoms with E-state index in [9.17, 15) is 9.18 Å². The summed E-state index contributed by atoms with van der Waals surface area (Å²) in [6, 6.07) is 7.36. The van der Waals surface area contributed by atoms with Crippen LogP contribution in [0.25, 0.3) is 0 Å². The van der Waals surface area contributed by atoms with Crippen molar-refractivity contribution in [3.05, 3.63) is 53.2 Å². The zero-order valence-electron chi connectivity index (χ0n) is 9.87.